The zero-order valence-corrected chi connectivity index (χ0v) is 10.6. The first-order valence-electron chi connectivity index (χ1n) is 6.38. The van der Waals surface area contributed by atoms with Gasteiger partial charge in [-0.2, -0.15) is 0 Å². The van der Waals surface area contributed by atoms with Crippen LogP contribution in [0.1, 0.15) is 37.9 Å². The maximum atomic E-state index is 10.7. The van der Waals surface area contributed by atoms with Gasteiger partial charge in [0.15, 0.2) is 0 Å². The minimum atomic E-state index is -0.685. The van der Waals surface area contributed by atoms with E-state index in [0.717, 1.165) is 31.6 Å². The fourth-order valence-corrected chi connectivity index (χ4v) is 2.50. The Morgan fingerprint density at radius 2 is 2.22 bits per heavy atom. The van der Waals surface area contributed by atoms with Gasteiger partial charge >= 0.3 is 5.97 Å². The molecular weight excluding hydrogens is 230 g/mol. The average Bonchev–Trinajstić information content (AvgIpc) is 2.39. The number of carboxylic acid groups (broad SMARTS) is 1. The zero-order chi connectivity index (χ0) is 13.0. The van der Waals surface area contributed by atoms with Gasteiger partial charge in [-0.15, -0.1) is 0 Å². The summed E-state index contributed by atoms with van der Waals surface area (Å²) < 4.78 is 0. The molecule has 1 aromatic rings. The second-order valence-corrected chi connectivity index (χ2v) is 4.88. The molecule has 98 valence electrons. The fraction of sp³-hybridized carbons (Fsp3) is 0.615. The third-order valence-electron chi connectivity index (χ3n) is 3.67. The fourth-order valence-electron chi connectivity index (χ4n) is 2.50. The van der Waals surface area contributed by atoms with Crippen LogP contribution in [0.5, 0.6) is 0 Å². The molecule has 0 spiro atoms. The zero-order valence-electron chi connectivity index (χ0n) is 10.6. The summed E-state index contributed by atoms with van der Waals surface area (Å²) in [6, 6.07) is 0.254. The molecule has 2 heterocycles. The molecule has 1 aliphatic heterocycles. The lowest BCUT2D eigenvalue weighted by molar-refractivity contribution is -0.138. The molecule has 1 fully saturated rings. The third kappa shape index (κ3) is 3.26. The van der Waals surface area contributed by atoms with Gasteiger partial charge in [0.25, 0.3) is 0 Å². The molecule has 0 bridgehead atoms. The third-order valence-corrected chi connectivity index (χ3v) is 3.67. The minimum absolute atomic E-state index is 0.254. The molecule has 1 aliphatic rings. The van der Waals surface area contributed by atoms with Gasteiger partial charge in [-0.3, -0.25) is 19.7 Å². The molecule has 2 rings (SSSR count). The monoisotopic (exact) mass is 249 g/mol. The number of hydrogen-bond donors (Lipinski definition) is 1. The van der Waals surface area contributed by atoms with E-state index in [1.165, 1.54) is 0 Å². The summed E-state index contributed by atoms with van der Waals surface area (Å²) in [6.07, 6.45) is 7.40. The first-order valence-corrected chi connectivity index (χ1v) is 6.38. The summed E-state index contributed by atoms with van der Waals surface area (Å²) in [5, 5.41) is 8.79. The van der Waals surface area contributed by atoms with Crippen molar-refractivity contribution in [1.29, 1.82) is 0 Å². The van der Waals surface area contributed by atoms with Crippen molar-refractivity contribution < 1.29 is 9.90 Å². The summed E-state index contributed by atoms with van der Waals surface area (Å²) >= 11 is 0. The molecule has 0 amide bonds. The van der Waals surface area contributed by atoms with Crippen LogP contribution < -0.4 is 0 Å². The van der Waals surface area contributed by atoms with Gasteiger partial charge in [-0.25, -0.2) is 0 Å². The summed E-state index contributed by atoms with van der Waals surface area (Å²) in [5.41, 5.74) is 0.981. The number of rotatable bonds is 4. The van der Waals surface area contributed by atoms with Crippen molar-refractivity contribution in [1.82, 2.24) is 14.9 Å². The van der Waals surface area contributed by atoms with Crippen LogP contribution in [0.2, 0.25) is 0 Å². The van der Waals surface area contributed by atoms with Crippen molar-refractivity contribution in [2.45, 2.75) is 32.2 Å². The first-order chi connectivity index (χ1) is 8.66. The van der Waals surface area contributed by atoms with Crippen LogP contribution >= 0.6 is 0 Å². The summed E-state index contributed by atoms with van der Waals surface area (Å²) in [4.78, 5) is 21.4. The molecule has 0 aromatic carbocycles. The second-order valence-electron chi connectivity index (χ2n) is 4.88. The van der Waals surface area contributed by atoms with E-state index >= 15 is 0 Å². The van der Waals surface area contributed by atoms with E-state index in [4.69, 9.17) is 5.11 Å². The maximum absolute atomic E-state index is 10.7. The predicted octanol–water partition coefficient (Wildman–Crippen LogP) is 1.72. The van der Waals surface area contributed by atoms with Crippen LogP contribution in [0.4, 0.5) is 0 Å². The van der Waals surface area contributed by atoms with Crippen LogP contribution in [-0.4, -0.2) is 39.0 Å². The summed E-state index contributed by atoms with van der Waals surface area (Å²) in [6.45, 7) is 4.01. The van der Waals surface area contributed by atoms with E-state index in [2.05, 4.69) is 21.8 Å². The van der Waals surface area contributed by atoms with Crippen LogP contribution in [0.15, 0.2) is 18.6 Å². The maximum Gasteiger partial charge on any atom is 0.303 e. The predicted molar refractivity (Wildman–Crippen MR) is 67.0 cm³/mol. The van der Waals surface area contributed by atoms with Crippen molar-refractivity contribution in [3.63, 3.8) is 0 Å². The van der Waals surface area contributed by atoms with E-state index < -0.39 is 5.97 Å². The SMILES string of the molecule is CC(c1cnccn1)N1CCC(CC(=O)O)CC1. The summed E-state index contributed by atoms with van der Waals surface area (Å²) in [7, 11) is 0. The highest BCUT2D eigenvalue weighted by Crippen LogP contribution is 2.26. The van der Waals surface area contributed by atoms with Crippen LogP contribution in [-0.2, 0) is 4.79 Å². The van der Waals surface area contributed by atoms with Gasteiger partial charge in [-0.1, -0.05) is 0 Å². The molecule has 1 N–H and O–H groups in total. The average molecular weight is 249 g/mol. The molecule has 1 atom stereocenters. The Morgan fingerprint density at radius 3 is 2.78 bits per heavy atom. The van der Waals surface area contributed by atoms with Crippen molar-refractivity contribution in [2.75, 3.05) is 13.1 Å². The highest BCUT2D eigenvalue weighted by molar-refractivity contribution is 5.67. The van der Waals surface area contributed by atoms with Crippen molar-refractivity contribution in [3.8, 4) is 0 Å². The van der Waals surface area contributed by atoms with Gasteiger partial charge in [0.1, 0.15) is 0 Å². The van der Waals surface area contributed by atoms with Gasteiger partial charge in [0.2, 0.25) is 0 Å². The number of carboxylic acids is 1. The Kier molecular flexibility index (Phi) is 4.25. The quantitative estimate of drug-likeness (QED) is 0.880. The van der Waals surface area contributed by atoms with Gasteiger partial charge in [-0.05, 0) is 38.8 Å². The Bertz CT molecular complexity index is 388. The molecule has 0 saturated carbocycles. The molecule has 18 heavy (non-hydrogen) atoms. The van der Waals surface area contributed by atoms with Crippen molar-refractivity contribution in [3.05, 3.63) is 24.3 Å². The molecule has 1 aromatic heterocycles. The van der Waals surface area contributed by atoms with Gasteiger partial charge < -0.3 is 5.11 Å². The number of hydrogen-bond acceptors (Lipinski definition) is 4. The van der Waals surface area contributed by atoms with E-state index in [1.807, 2.05) is 0 Å². The van der Waals surface area contributed by atoms with Crippen LogP contribution in [0.25, 0.3) is 0 Å². The first kappa shape index (κ1) is 13.0. The molecule has 0 radical (unpaired) electrons. The molecule has 0 aliphatic carbocycles. The number of carbonyl (C=O) groups is 1. The van der Waals surface area contributed by atoms with E-state index in [1.54, 1.807) is 18.6 Å². The number of nitrogens with zero attached hydrogens (tertiary/aromatic N) is 3. The van der Waals surface area contributed by atoms with E-state index in [0.29, 0.717) is 12.3 Å². The van der Waals surface area contributed by atoms with Gasteiger partial charge in [0, 0.05) is 25.0 Å². The normalized spacial score (nSPS) is 19.6. The standard InChI is InChI=1S/C13H19N3O2/c1-10(12-9-14-4-5-15-12)16-6-2-11(3-7-16)8-13(17)18/h4-5,9-11H,2-3,6-8H2,1H3,(H,17,18). The second kappa shape index (κ2) is 5.91. The lowest BCUT2D eigenvalue weighted by atomic mass is 9.92. The topological polar surface area (TPSA) is 66.3 Å². The number of aliphatic carboxylic acids is 1. The van der Waals surface area contributed by atoms with Crippen molar-refractivity contribution >= 4 is 5.97 Å². The number of aromatic nitrogens is 2. The molecule has 5 heteroatoms. The highest BCUT2D eigenvalue weighted by atomic mass is 16.4. The molecule has 1 unspecified atom stereocenters. The largest absolute Gasteiger partial charge is 0.481 e. The lowest BCUT2D eigenvalue weighted by Gasteiger charge is -2.35. The highest BCUT2D eigenvalue weighted by Gasteiger charge is 2.25. The Labute approximate surface area is 107 Å². The Hall–Kier alpha value is -1.49. The van der Waals surface area contributed by atoms with Crippen LogP contribution in [0.3, 0.4) is 0 Å². The Balaban J connectivity index is 1.88. The van der Waals surface area contributed by atoms with Gasteiger partial charge in [0.05, 0.1) is 11.7 Å². The molecular formula is C13H19N3O2. The van der Waals surface area contributed by atoms with Crippen LogP contribution in [0, 0.1) is 5.92 Å². The molecule has 1 saturated heterocycles. The molecule has 5 nitrogen and oxygen atoms in total. The Morgan fingerprint density at radius 1 is 1.50 bits per heavy atom. The number of likely N-dealkylation sites (tertiary alicyclic amines) is 1. The smallest absolute Gasteiger partial charge is 0.303 e. The number of piperidine rings is 1. The van der Waals surface area contributed by atoms with E-state index in [-0.39, 0.29) is 6.04 Å². The summed E-state index contributed by atoms with van der Waals surface area (Å²) in [5.74, 6) is -0.358. The van der Waals surface area contributed by atoms with Crippen molar-refractivity contribution in [2.24, 2.45) is 5.92 Å². The van der Waals surface area contributed by atoms with E-state index in [9.17, 15) is 4.79 Å². The lowest BCUT2D eigenvalue weighted by Crippen LogP contribution is -2.36. The minimum Gasteiger partial charge on any atom is -0.481 e.